The molecule has 202 valence electrons. The Hall–Kier alpha value is -0.770. The lowest BCUT2D eigenvalue weighted by molar-refractivity contribution is -0.680. The first-order chi connectivity index (χ1) is 17.5. The van der Waals surface area contributed by atoms with E-state index in [4.69, 9.17) is 19.6 Å². The number of hydrogen-bond acceptors (Lipinski definition) is 7. The van der Waals surface area contributed by atoms with Crippen molar-refractivity contribution in [2.24, 2.45) is 29.6 Å². The van der Waals surface area contributed by atoms with Crippen molar-refractivity contribution in [1.82, 2.24) is 14.7 Å². The number of carbonyl (C=O) groups is 1. The molecule has 1 amide bonds. The third-order valence-electron chi connectivity index (χ3n) is 11.1. The molecule has 0 aromatic rings. The van der Waals surface area contributed by atoms with Gasteiger partial charge in [0.1, 0.15) is 0 Å². The highest BCUT2D eigenvalue weighted by molar-refractivity contribution is 5.76. The van der Waals surface area contributed by atoms with Gasteiger partial charge in [-0.3, -0.25) is 9.69 Å². The third-order valence-corrected chi connectivity index (χ3v) is 11.1. The Bertz CT molecular complexity index is 774. The van der Waals surface area contributed by atoms with E-state index in [-0.39, 0.29) is 0 Å². The minimum Gasteiger partial charge on any atom is -0.343 e. The summed E-state index contributed by atoms with van der Waals surface area (Å²) < 4.78 is 0. The van der Waals surface area contributed by atoms with Gasteiger partial charge in [-0.05, 0) is 82.6 Å². The highest BCUT2D eigenvalue weighted by atomic mass is 17.4. The van der Waals surface area contributed by atoms with E-state index in [1.54, 1.807) is 0 Å². The second-order valence-corrected chi connectivity index (χ2v) is 13.4. The first-order valence-corrected chi connectivity index (χ1v) is 14.9. The van der Waals surface area contributed by atoms with Gasteiger partial charge in [-0.25, -0.2) is 0 Å². The fourth-order valence-electron chi connectivity index (χ4n) is 8.95. The van der Waals surface area contributed by atoms with E-state index in [1.165, 1.54) is 45.2 Å². The largest absolute Gasteiger partial charge is 0.343 e. The van der Waals surface area contributed by atoms with E-state index >= 15 is 0 Å². The van der Waals surface area contributed by atoms with Crippen LogP contribution in [0.3, 0.4) is 0 Å². The second kappa shape index (κ2) is 9.45. The normalized spacial score (nSPS) is 46.1. The number of amides is 1. The molecule has 8 aliphatic rings. The molecule has 3 aliphatic heterocycles. The molecule has 8 nitrogen and oxygen atoms in total. The van der Waals surface area contributed by atoms with E-state index in [1.807, 2.05) is 0 Å². The lowest BCUT2D eigenvalue weighted by atomic mass is 9.53. The van der Waals surface area contributed by atoms with Gasteiger partial charge in [0.2, 0.25) is 17.5 Å². The molecule has 36 heavy (non-hydrogen) atoms. The third kappa shape index (κ3) is 4.34. The van der Waals surface area contributed by atoms with Gasteiger partial charge in [-0.1, -0.05) is 0 Å². The molecule has 8 heteroatoms. The Morgan fingerprint density at radius 1 is 0.750 bits per heavy atom. The number of rotatable bonds is 3. The Balaban J connectivity index is 0.865. The number of nitrogens with zero attached hydrogens (tertiary/aromatic N) is 3. The highest BCUT2D eigenvalue weighted by Crippen LogP contribution is 2.62. The zero-order valence-electron chi connectivity index (χ0n) is 22.1. The molecule has 8 rings (SSSR count). The van der Waals surface area contributed by atoms with Crippen LogP contribution in [-0.2, 0) is 24.3 Å². The quantitative estimate of drug-likeness (QED) is 0.546. The van der Waals surface area contributed by atoms with Gasteiger partial charge in [-0.15, -0.1) is 0 Å². The van der Waals surface area contributed by atoms with Crippen LogP contribution in [0, 0.1) is 29.6 Å². The topological polar surface area (TPSA) is 63.7 Å². The molecule has 0 radical (unpaired) electrons. The number of carbonyl (C=O) groups excluding carboxylic acids is 1. The SMILES string of the molecule is CN1CCN(C2CCN(C(=O)CC3CCC4(CC3)OOC3(OO4)C4CC5CC(C4)CC3C5)CC2)CC1. The molecule has 3 heterocycles. The summed E-state index contributed by atoms with van der Waals surface area (Å²) in [5.41, 5.74) is 0. The zero-order valence-corrected chi connectivity index (χ0v) is 22.1. The van der Waals surface area contributed by atoms with Gasteiger partial charge in [0, 0.05) is 76.4 Å². The molecule has 2 spiro atoms. The minimum absolute atomic E-state index is 0.332. The molecule has 5 aliphatic carbocycles. The number of hydrogen-bond donors (Lipinski definition) is 0. The summed E-state index contributed by atoms with van der Waals surface area (Å²) in [6.45, 7) is 6.48. The molecule has 5 saturated carbocycles. The van der Waals surface area contributed by atoms with Crippen LogP contribution in [0.25, 0.3) is 0 Å². The molecule has 3 saturated heterocycles. The van der Waals surface area contributed by atoms with Crippen molar-refractivity contribution in [1.29, 1.82) is 0 Å². The molecule has 0 aromatic heterocycles. The average molecular weight is 504 g/mol. The summed E-state index contributed by atoms with van der Waals surface area (Å²) in [5, 5.41) is 0. The van der Waals surface area contributed by atoms with E-state index < -0.39 is 11.6 Å². The van der Waals surface area contributed by atoms with Crippen molar-refractivity contribution < 1.29 is 24.3 Å². The van der Waals surface area contributed by atoms with Crippen molar-refractivity contribution in [2.45, 2.75) is 94.7 Å². The minimum atomic E-state index is -0.791. The van der Waals surface area contributed by atoms with Crippen molar-refractivity contribution in [3.05, 3.63) is 0 Å². The van der Waals surface area contributed by atoms with Gasteiger partial charge < -0.3 is 9.80 Å². The Morgan fingerprint density at radius 3 is 1.92 bits per heavy atom. The molecule has 0 atom stereocenters. The second-order valence-electron chi connectivity index (χ2n) is 13.4. The van der Waals surface area contributed by atoms with Crippen molar-refractivity contribution in [2.75, 3.05) is 46.3 Å². The maximum Gasteiger partial charge on any atom is 0.239 e. The monoisotopic (exact) mass is 503 g/mol. The fraction of sp³-hybridized carbons (Fsp3) is 0.964. The summed E-state index contributed by atoms with van der Waals surface area (Å²) in [6, 6.07) is 0.649. The summed E-state index contributed by atoms with van der Waals surface area (Å²) in [4.78, 5) is 44.8. The van der Waals surface area contributed by atoms with E-state index in [0.717, 1.165) is 76.5 Å². The van der Waals surface area contributed by atoms with Gasteiger partial charge in [-0.2, -0.15) is 19.6 Å². The summed E-state index contributed by atoms with van der Waals surface area (Å²) in [5.74, 6) is 1.74. The molecular weight excluding hydrogens is 458 g/mol. The molecule has 0 unspecified atom stereocenters. The summed E-state index contributed by atoms with van der Waals surface area (Å²) >= 11 is 0. The maximum absolute atomic E-state index is 13.1. The van der Waals surface area contributed by atoms with Crippen LogP contribution in [0.5, 0.6) is 0 Å². The number of likely N-dealkylation sites (N-methyl/N-ethyl adjacent to an activating group) is 1. The number of likely N-dealkylation sites (tertiary alicyclic amines) is 1. The predicted molar refractivity (Wildman–Crippen MR) is 132 cm³/mol. The smallest absolute Gasteiger partial charge is 0.239 e. The number of piperazine rings is 1. The Labute approximate surface area is 215 Å². The summed E-state index contributed by atoms with van der Waals surface area (Å²) in [7, 11) is 2.21. The van der Waals surface area contributed by atoms with Crippen LogP contribution >= 0.6 is 0 Å². The lowest BCUT2D eigenvalue weighted by Gasteiger charge is -2.60. The Kier molecular flexibility index (Phi) is 6.38. The van der Waals surface area contributed by atoms with Gasteiger partial charge in [0.15, 0.2) is 0 Å². The standard InChI is InChI=1S/C28H45N3O5/c1-29-10-12-30(13-11-29)25-4-8-31(9-5-25)26(32)19-20-2-6-27(7-3-20)33-35-28(36-34-27)23-15-21-14-22(17-23)18-24(28)16-21/h20-25H,2-19H2,1H3. The van der Waals surface area contributed by atoms with Crippen LogP contribution in [0.2, 0.25) is 0 Å². The summed E-state index contributed by atoms with van der Waals surface area (Å²) in [6.07, 6.45) is 12.3. The van der Waals surface area contributed by atoms with E-state index in [0.29, 0.717) is 36.1 Å². The average Bonchev–Trinajstić information content (AvgIpc) is 2.90. The first-order valence-electron chi connectivity index (χ1n) is 14.9. The van der Waals surface area contributed by atoms with Gasteiger partial charge in [0.25, 0.3) is 0 Å². The van der Waals surface area contributed by atoms with Crippen molar-refractivity contribution in [3.8, 4) is 0 Å². The van der Waals surface area contributed by atoms with Crippen LogP contribution in [0.15, 0.2) is 0 Å². The van der Waals surface area contributed by atoms with E-state index in [9.17, 15) is 4.79 Å². The molecule has 4 bridgehead atoms. The zero-order chi connectivity index (χ0) is 24.3. The molecule has 0 N–H and O–H groups in total. The van der Waals surface area contributed by atoms with Crippen molar-refractivity contribution in [3.63, 3.8) is 0 Å². The van der Waals surface area contributed by atoms with Crippen molar-refractivity contribution >= 4 is 5.91 Å². The first kappa shape index (κ1) is 24.3. The molecule has 8 fully saturated rings. The maximum atomic E-state index is 13.1. The van der Waals surface area contributed by atoms with Crippen LogP contribution in [-0.4, -0.2) is 84.5 Å². The lowest BCUT2D eigenvalue weighted by Crippen LogP contribution is -2.64. The number of piperidine rings is 1. The van der Waals surface area contributed by atoms with Crippen LogP contribution in [0.4, 0.5) is 0 Å². The predicted octanol–water partition coefficient (Wildman–Crippen LogP) is 3.56. The highest BCUT2D eigenvalue weighted by Gasteiger charge is 2.64. The van der Waals surface area contributed by atoms with Crippen LogP contribution in [0.1, 0.15) is 77.0 Å². The molecule has 0 aromatic carbocycles. The van der Waals surface area contributed by atoms with Crippen LogP contribution < -0.4 is 0 Å². The van der Waals surface area contributed by atoms with E-state index in [2.05, 4.69) is 21.7 Å². The fourth-order valence-corrected chi connectivity index (χ4v) is 8.95. The van der Waals surface area contributed by atoms with Gasteiger partial charge >= 0.3 is 0 Å². The molecular formula is C28H45N3O5. The van der Waals surface area contributed by atoms with Gasteiger partial charge in [0.05, 0.1) is 0 Å². The Morgan fingerprint density at radius 2 is 1.33 bits per heavy atom.